The van der Waals surface area contributed by atoms with Gasteiger partial charge in [-0.2, -0.15) is 0 Å². The molecule has 7 nitrogen and oxygen atoms in total. The molecule has 3 rings (SSSR count). The summed E-state index contributed by atoms with van der Waals surface area (Å²) in [4.78, 5) is 18.8. The normalized spacial score (nSPS) is 14.3. The van der Waals surface area contributed by atoms with Crippen LogP contribution < -0.4 is 15.5 Å². The molecule has 1 saturated heterocycles. The van der Waals surface area contributed by atoms with Crippen LogP contribution in [0.1, 0.15) is 0 Å². The third kappa shape index (κ3) is 3.51. The van der Waals surface area contributed by atoms with Gasteiger partial charge >= 0.3 is 0 Å². The molecule has 0 atom stereocenters. The van der Waals surface area contributed by atoms with Gasteiger partial charge in [-0.3, -0.25) is 9.98 Å². The third-order valence-electron chi connectivity index (χ3n) is 3.68. The molecule has 1 aliphatic heterocycles. The summed E-state index contributed by atoms with van der Waals surface area (Å²) in [5, 5.41) is 6.54. The van der Waals surface area contributed by atoms with Gasteiger partial charge in [-0.25, -0.2) is 9.97 Å². The highest BCUT2D eigenvalue weighted by Crippen LogP contribution is 2.29. The molecule has 23 heavy (non-hydrogen) atoms. The number of aromatic nitrogens is 2. The van der Waals surface area contributed by atoms with Gasteiger partial charge in [0.1, 0.15) is 17.3 Å². The summed E-state index contributed by atoms with van der Waals surface area (Å²) in [5.74, 6) is 1.38. The first-order chi connectivity index (χ1) is 11.3. The largest absolute Gasteiger partial charge is 0.369 e. The van der Waals surface area contributed by atoms with Gasteiger partial charge in [0.05, 0.1) is 11.9 Å². The smallest absolute Gasteiger partial charge is 0.133 e. The van der Waals surface area contributed by atoms with Crippen LogP contribution in [0, 0.1) is 0 Å². The molecule has 0 spiro atoms. The lowest BCUT2D eigenvalue weighted by Gasteiger charge is -2.29. The lowest BCUT2D eigenvalue weighted by molar-refractivity contribution is 0.589. The molecule has 0 amide bonds. The Kier molecular flexibility index (Phi) is 4.58. The molecule has 1 aliphatic rings. The molecule has 0 aromatic carbocycles. The van der Waals surface area contributed by atoms with Crippen molar-refractivity contribution in [3.05, 3.63) is 30.6 Å². The Morgan fingerprint density at radius 2 is 1.78 bits per heavy atom. The number of hydrogen-bond donors (Lipinski definition) is 2. The summed E-state index contributed by atoms with van der Waals surface area (Å²) in [7, 11) is 0. The van der Waals surface area contributed by atoms with Crippen molar-refractivity contribution in [1.82, 2.24) is 15.3 Å². The molecule has 3 heterocycles. The van der Waals surface area contributed by atoms with Crippen LogP contribution in [0.5, 0.6) is 0 Å². The van der Waals surface area contributed by atoms with E-state index in [9.17, 15) is 0 Å². The van der Waals surface area contributed by atoms with Crippen LogP contribution in [0.4, 0.5) is 28.7 Å². The Labute approximate surface area is 135 Å². The summed E-state index contributed by atoms with van der Waals surface area (Å²) < 4.78 is 0. The van der Waals surface area contributed by atoms with Gasteiger partial charge in [-0.15, -0.1) is 0 Å². The zero-order chi connectivity index (χ0) is 16.1. The second kappa shape index (κ2) is 6.97. The SMILES string of the molecule is C=Nc1cnc(Nc2cc(N3CCNCC3)ccn2)cc1N=C. The van der Waals surface area contributed by atoms with Crippen molar-refractivity contribution < 1.29 is 0 Å². The lowest BCUT2D eigenvalue weighted by Crippen LogP contribution is -2.43. The van der Waals surface area contributed by atoms with Crippen molar-refractivity contribution in [1.29, 1.82) is 0 Å². The van der Waals surface area contributed by atoms with Gasteiger partial charge in [0.25, 0.3) is 0 Å². The van der Waals surface area contributed by atoms with Crippen molar-refractivity contribution in [3.8, 4) is 0 Å². The zero-order valence-electron chi connectivity index (χ0n) is 12.9. The van der Waals surface area contributed by atoms with Crippen molar-refractivity contribution in [2.24, 2.45) is 9.98 Å². The zero-order valence-corrected chi connectivity index (χ0v) is 12.9. The monoisotopic (exact) mass is 309 g/mol. The van der Waals surface area contributed by atoms with Crippen LogP contribution in [0.15, 0.2) is 40.6 Å². The van der Waals surface area contributed by atoms with Crippen LogP contribution in [0.25, 0.3) is 0 Å². The molecule has 118 valence electrons. The number of piperazine rings is 1. The van der Waals surface area contributed by atoms with Crippen LogP contribution >= 0.6 is 0 Å². The number of pyridine rings is 2. The summed E-state index contributed by atoms with van der Waals surface area (Å²) in [6.07, 6.45) is 3.41. The first-order valence-electron chi connectivity index (χ1n) is 7.42. The highest BCUT2D eigenvalue weighted by atomic mass is 15.2. The van der Waals surface area contributed by atoms with Gasteiger partial charge in [-0.1, -0.05) is 0 Å². The molecule has 0 aliphatic carbocycles. The molecule has 0 unspecified atom stereocenters. The second-order valence-electron chi connectivity index (χ2n) is 5.14. The number of aliphatic imine (C=N–C) groups is 2. The van der Waals surface area contributed by atoms with E-state index in [-0.39, 0.29) is 0 Å². The fourth-order valence-corrected chi connectivity index (χ4v) is 2.49. The summed E-state index contributed by atoms with van der Waals surface area (Å²) in [6, 6.07) is 5.81. The van der Waals surface area contributed by atoms with Gasteiger partial charge in [0.15, 0.2) is 0 Å². The minimum Gasteiger partial charge on any atom is -0.369 e. The topological polar surface area (TPSA) is 77.8 Å². The van der Waals surface area contributed by atoms with Gasteiger partial charge in [0, 0.05) is 50.2 Å². The van der Waals surface area contributed by atoms with E-state index in [1.54, 1.807) is 18.5 Å². The second-order valence-corrected chi connectivity index (χ2v) is 5.14. The number of hydrogen-bond acceptors (Lipinski definition) is 7. The molecule has 1 fully saturated rings. The maximum atomic E-state index is 4.35. The van der Waals surface area contributed by atoms with E-state index in [1.165, 1.54) is 0 Å². The lowest BCUT2D eigenvalue weighted by atomic mass is 10.3. The maximum Gasteiger partial charge on any atom is 0.133 e. The predicted molar refractivity (Wildman–Crippen MR) is 95.3 cm³/mol. The van der Waals surface area contributed by atoms with E-state index in [0.29, 0.717) is 17.2 Å². The fourth-order valence-electron chi connectivity index (χ4n) is 2.49. The van der Waals surface area contributed by atoms with Crippen LogP contribution in [-0.2, 0) is 0 Å². The Morgan fingerprint density at radius 3 is 2.52 bits per heavy atom. The fraction of sp³-hybridized carbons (Fsp3) is 0.250. The van der Waals surface area contributed by atoms with Crippen molar-refractivity contribution in [2.75, 3.05) is 36.4 Å². The average Bonchev–Trinajstić information content (AvgIpc) is 2.62. The summed E-state index contributed by atoms with van der Waals surface area (Å²) >= 11 is 0. The average molecular weight is 309 g/mol. The molecular formula is C16H19N7. The number of nitrogens with zero attached hydrogens (tertiary/aromatic N) is 5. The minimum atomic E-state index is 0.605. The molecule has 7 heteroatoms. The van der Waals surface area contributed by atoms with Crippen molar-refractivity contribution >= 4 is 42.1 Å². The molecule has 0 bridgehead atoms. The number of anilines is 3. The maximum absolute atomic E-state index is 4.35. The standard InChI is InChI=1S/C16H19N7/c1-17-13-10-16(21-11-14(13)18-2)22-15-9-12(3-4-20-15)23-7-5-19-6-8-23/h3-4,9-11,19H,1-2,5-8H2,(H,20,21,22). The molecule has 2 aromatic heterocycles. The quantitative estimate of drug-likeness (QED) is 0.829. The molecule has 0 radical (unpaired) electrons. The first kappa shape index (κ1) is 15.1. The predicted octanol–water partition coefficient (Wildman–Crippen LogP) is 2.29. The van der Waals surface area contributed by atoms with Gasteiger partial charge in [0.2, 0.25) is 0 Å². The van der Waals surface area contributed by atoms with Gasteiger partial charge in [-0.05, 0) is 19.5 Å². The highest BCUT2D eigenvalue weighted by Gasteiger charge is 2.11. The van der Waals surface area contributed by atoms with E-state index in [1.807, 2.05) is 12.1 Å². The first-order valence-corrected chi connectivity index (χ1v) is 7.42. The minimum absolute atomic E-state index is 0.605. The number of rotatable bonds is 5. The Balaban J connectivity index is 1.80. The molecular weight excluding hydrogens is 290 g/mol. The van der Waals surface area contributed by atoms with E-state index in [0.717, 1.165) is 37.7 Å². The van der Waals surface area contributed by atoms with Crippen molar-refractivity contribution in [3.63, 3.8) is 0 Å². The Morgan fingerprint density at radius 1 is 1.04 bits per heavy atom. The third-order valence-corrected chi connectivity index (χ3v) is 3.68. The molecule has 2 N–H and O–H groups in total. The van der Waals surface area contributed by atoms with Crippen molar-refractivity contribution in [2.45, 2.75) is 0 Å². The Hall–Kier alpha value is -2.80. The summed E-state index contributed by atoms with van der Waals surface area (Å²) in [6.45, 7) is 11.0. The summed E-state index contributed by atoms with van der Waals surface area (Å²) in [5.41, 5.74) is 2.39. The van der Waals surface area contributed by atoms with E-state index in [4.69, 9.17) is 0 Å². The van der Waals surface area contributed by atoms with E-state index < -0.39 is 0 Å². The van der Waals surface area contributed by atoms with E-state index in [2.05, 4.69) is 48.9 Å². The van der Waals surface area contributed by atoms with E-state index >= 15 is 0 Å². The molecule has 0 saturated carbocycles. The number of nitrogens with one attached hydrogen (secondary N) is 2. The van der Waals surface area contributed by atoms with Gasteiger partial charge < -0.3 is 15.5 Å². The molecule has 2 aromatic rings. The van der Waals surface area contributed by atoms with Crippen LogP contribution in [0.2, 0.25) is 0 Å². The Bertz CT molecular complexity index is 707. The van der Waals surface area contributed by atoms with Crippen LogP contribution in [-0.4, -0.2) is 49.6 Å². The highest BCUT2D eigenvalue weighted by molar-refractivity contribution is 5.71. The van der Waals surface area contributed by atoms with Crippen LogP contribution in [0.3, 0.4) is 0 Å².